The molecule has 1 aromatic rings. The molecule has 0 atom stereocenters. The summed E-state index contributed by atoms with van der Waals surface area (Å²) in [5, 5.41) is 10.8. The number of nitriles is 1. The molecule has 0 amide bonds. The molecule has 0 fully saturated rings. The van der Waals surface area contributed by atoms with Crippen molar-refractivity contribution in [1.29, 1.82) is 5.26 Å². The maximum Gasteiger partial charge on any atom is 0.124 e. The highest BCUT2D eigenvalue weighted by molar-refractivity contribution is 7.09. The van der Waals surface area contributed by atoms with Crippen molar-refractivity contribution in [2.75, 3.05) is 0 Å². The van der Waals surface area contributed by atoms with E-state index < -0.39 is 0 Å². The molecule has 0 aromatic carbocycles. The molecule has 0 spiro atoms. The molecule has 0 saturated carbocycles. The summed E-state index contributed by atoms with van der Waals surface area (Å²) in [6.45, 7) is 0. The highest BCUT2D eigenvalue weighted by Crippen LogP contribution is 2.08. The van der Waals surface area contributed by atoms with E-state index in [0.29, 0.717) is 12.1 Å². The van der Waals surface area contributed by atoms with Gasteiger partial charge in [0.2, 0.25) is 0 Å². The molecule has 1 heterocycles. The summed E-state index contributed by atoms with van der Waals surface area (Å²) >= 11 is 1.42. The van der Waals surface area contributed by atoms with Crippen LogP contribution in [0, 0.1) is 23.7 Å². The Hall–Kier alpha value is -1.32. The lowest BCUT2D eigenvalue weighted by atomic mass is 10.5. The van der Waals surface area contributed by atoms with Gasteiger partial charge < -0.3 is 0 Å². The van der Waals surface area contributed by atoms with Crippen molar-refractivity contribution in [3.63, 3.8) is 0 Å². The summed E-state index contributed by atoms with van der Waals surface area (Å²) in [4.78, 5) is 3.98. The van der Waals surface area contributed by atoms with E-state index >= 15 is 0 Å². The van der Waals surface area contributed by atoms with Crippen LogP contribution in [0.1, 0.15) is 10.7 Å². The number of nitrogens with zero attached hydrogens (tertiary/aromatic N) is 2. The zero-order valence-corrected chi connectivity index (χ0v) is 5.98. The van der Waals surface area contributed by atoms with Gasteiger partial charge in [0, 0.05) is 5.38 Å². The highest BCUT2D eigenvalue weighted by Gasteiger charge is 1.96. The Balaban J connectivity index is 2.83. The molecule has 1 aromatic heterocycles. The minimum atomic E-state index is 0.354. The van der Waals surface area contributed by atoms with Crippen LogP contribution in [0.25, 0.3) is 0 Å². The van der Waals surface area contributed by atoms with Crippen LogP contribution >= 0.6 is 11.3 Å². The Kier molecular flexibility index (Phi) is 2.04. The van der Waals surface area contributed by atoms with Crippen molar-refractivity contribution >= 4 is 11.3 Å². The molecule has 0 aliphatic rings. The van der Waals surface area contributed by atoms with Crippen LogP contribution in [0.15, 0.2) is 5.38 Å². The predicted octanol–water partition coefficient (Wildman–Crippen LogP) is 1.19. The van der Waals surface area contributed by atoms with Gasteiger partial charge in [0.25, 0.3) is 0 Å². The lowest BCUT2D eigenvalue weighted by Gasteiger charge is -1.77. The Bertz CT molecular complexity index is 300. The van der Waals surface area contributed by atoms with Gasteiger partial charge in [-0.3, -0.25) is 0 Å². The van der Waals surface area contributed by atoms with Crippen molar-refractivity contribution in [1.82, 2.24) is 4.98 Å². The third-order valence-electron chi connectivity index (χ3n) is 0.930. The van der Waals surface area contributed by atoms with Gasteiger partial charge in [-0.05, 0) is 5.92 Å². The predicted molar refractivity (Wildman–Crippen MR) is 39.4 cm³/mol. The molecule has 10 heavy (non-hydrogen) atoms. The van der Waals surface area contributed by atoms with E-state index in [1.165, 1.54) is 11.3 Å². The molecule has 0 aliphatic heterocycles. The van der Waals surface area contributed by atoms with Crippen LogP contribution in [0.4, 0.5) is 0 Å². The smallest absolute Gasteiger partial charge is 0.124 e. The molecule has 3 heteroatoms. The zero-order valence-electron chi connectivity index (χ0n) is 5.16. The molecule has 0 aliphatic carbocycles. The first-order chi connectivity index (χ1) is 4.86. The number of aromatic nitrogens is 1. The molecule has 0 unspecified atom stereocenters. The number of hydrogen-bond donors (Lipinski definition) is 0. The second kappa shape index (κ2) is 3.00. The van der Waals surface area contributed by atoms with E-state index in [2.05, 4.69) is 10.9 Å². The monoisotopic (exact) mass is 148 g/mol. The van der Waals surface area contributed by atoms with Crippen LogP contribution in [-0.4, -0.2) is 4.98 Å². The Morgan fingerprint density at radius 3 is 3.10 bits per heavy atom. The average molecular weight is 148 g/mol. The fraction of sp³-hybridized carbons (Fsp3) is 0.143. The van der Waals surface area contributed by atoms with Gasteiger partial charge >= 0.3 is 0 Å². The Morgan fingerprint density at radius 1 is 1.80 bits per heavy atom. The zero-order chi connectivity index (χ0) is 7.40. The van der Waals surface area contributed by atoms with E-state index in [-0.39, 0.29) is 0 Å². The lowest BCUT2D eigenvalue weighted by Crippen LogP contribution is -1.78. The number of thiazole rings is 1. The minimum absolute atomic E-state index is 0.354. The van der Waals surface area contributed by atoms with Crippen molar-refractivity contribution in [2.45, 2.75) is 6.42 Å². The van der Waals surface area contributed by atoms with Crippen LogP contribution in [-0.2, 0) is 6.42 Å². The standard InChI is InChI=1S/C7H4N2S/c1-2-6-5-10-7(9-6)3-4-8/h1,5H,3H2. The first-order valence-corrected chi connectivity index (χ1v) is 3.52. The summed E-state index contributed by atoms with van der Waals surface area (Å²) in [6, 6.07) is 2.00. The van der Waals surface area contributed by atoms with E-state index in [1.807, 2.05) is 6.07 Å². The molecule has 2 nitrogen and oxygen atoms in total. The van der Waals surface area contributed by atoms with Crippen molar-refractivity contribution in [3.05, 3.63) is 16.1 Å². The third kappa shape index (κ3) is 1.34. The van der Waals surface area contributed by atoms with Crippen LogP contribution in [0.2, 0.25) is 0 Å². The van der Waals surface area contributed by atoms with Crippen molar-refractivity contribution in [3.8, 4) is 18.4 Å². The third-order valence-corrected chi connectivity index (χ3v) is 1.78. The van der Waals surface area contributed by atoms with Gasteiger partial charge in [-0.15, -0.1) is 17.8 Å². The molecular weight excluding hydrogens is 144 g/mol. The summed E-state index contributed by atoms with van der Waals surface area (Å²) in [6.07, 6.45) is 5.42. The second-order valence-electron chi connectivity index (χ2n) is 1.61. The first kappa shape index (κ1) is 6.80. The SMILES string of the molecule is C#Cc1csc(CC#N)n1. The van der Waals surface area contributed by atoms with Gasteiger partial charge in [-0.1, -0.05) is 0 Å². The van der Waals surface area contributed by atoms with Gasteiger partial charge in [-0.25, -0.2) is 4.98 Å². The van der Waals surface area contributed by atoms with Gasteiger partial charge in [0.1, 0.15) is 10.7 Å². The van der Waals surface area contributed by atoms with Crippen LogP contribution in [0.3, 0.4) is 0 Å². The van der Waals surface area contributed by atoms with Crippen LogP contribution < -0.4 is 0 Å². The average Bonchev–Trinajstić information content (AvgIpc) is 2.37. The van der Waals surface area contributed by atoms with Gasteiger partial charge in [-0.2, -0.15) is 5.26 Å². The number of rotatable bonds is 1. The fourth-order valence-corrected chi connectivity index (χ4v) is 1.19. The maximum absolute atomic E-state index is 8.27. The first-order valence-electron chi connectivity index (χ1n) is 2.65. The second-order valence-corrected chi connectivity index (χ2v) is 2.55. The topological polar surface area (TPSA) is 36.7 Å². The molecule has 0 bridgehead atoms. The molecule has 48 valence electrons. The molecule has 0 N–H and O–H groups in total. The molecule has 0 saturated heterocycles. The number of terminal acetylenes is 1. The van der Waals surface area contributed by atoms with Crippen LogP contribution in [0.5, 0.6) is 0 Å². The quantitative estimate of drug-likeness (QED) is 0.561. The van der Waals surface area contributed by atoms with E-state index in [9.17, 15) is 0 Å². The summed E-state index contributed by atoms with van der Waals surface area (Å²) in [5.74, 6) is 2.40. The van der Waals surface area contributed by atoms with Crippen molar-refractivity contribution < 1.29 is 0 Å². The Labute approximate surface area is 63.1 Å². The van der Waals surface area contributed by atoms with E-state index in [1.54, 1.807) is 5.38 Å². The number of hydrogen-bond acceptors (Lipinski definition) is 3. The molecular formula is C7H4N2S. The summed E-state index contributed by atoms with van der Waals surface area (Å²) in [7, 11) is 0. The highest BCUT2D eigenvalue weighted by atomic mass is 32.1. The fourth-order valence-electron chi connectivity index (χ4n) is 0.526. The minimum Gasteiger partial charge on any atom is -0.232 e. The molecule has 0 radical (unpaired) electrons. The molecule has 1 rings (SSSR count). The largest absolute Gasteiger partial charge is 0.232 e. The lowest BCUT2D eigenvalue weighted by molar-refractivity contribution is 1.17. The van der Waals surface area contributed by atoms with Gasteiger partial charge in [0.05, 0.1) is 12.5 Å². The summed E-state index contributed by atoms with van der Waals surface area (Å²) < 4.78 is 0. The van der Waals surface area contributed by atoms with Gasteiger partial charge in [0.15, 0.2) is 0 Å². The van der Waals surface area contributed by atoms with E-state index in [0.717, 1.165) is 5.01 Å². The van der Waals surface area contributed by atoms with Crippen molar-refractivity contribution in [2.24, 2.45) is 0 Å². The maximum atomic E-state index is 8.27. The summed E-state index contributed by atoms with van der Waals surface area (Å²) in [5.41, 5.74) is 0.621. The normalized spacial score (nSPS) is 8.20. The van der Waals surface area contributed by atoms with E-state index in [4.69, 9.17) is 11.7 Å². The Morgan fingerprint density at radius 2 is 2.60 bits per heavy atom.